The summed E-state index contributed by atoms with van der Waals surface area (Å²) in [6, 6.07) is 12.1. The summed E-state index contributed by atoms with van der Waals surface area (Å²) in [7, 11) is 0. The zero-order valence-electron chi connectivity index (χ0n) is 11.1. The van der Waals surface area contributed by atoms with Gasteiger partial charge in [-0.15, -0.1) is 0 Å². The van der Waals surface area contributed by atoms with E-state index in [-0.39, 0.29) is 18.9 Å². The Kier molecular flexibility index (Phi) is 5.31. The van der Waals surface area contributed by atoms with Crippen LogP contribution in [0.2, 0.25) is 10.0 Å². The van der Waals surface area contributed by atoms with Crippen molar-refractivity contribution >= 4 is 40.5 Å². The molecule has 0 fully saturated rings. The number of nitrogens with two attached hydrogens (primary N) is 1. The molecular weight excluding hydrogens is 311 g/mol. The van der Waals surface area contributed by atoms with E-state index in [9.17, 15) is 4.79 Å². The molecule has 0 unspecified atom stereocenters. The summed E-state index contributed by atoms with van der Waals surface area (Å²) in [4.78, 5) is 11.8. The fourth-order valence-electron chi connectivity index (χ4n) is 1.69. The predicted molar refractivity (Wildman–Crippen MR) is 86.1 cm³/mol. The summed E-state index contributed by atoms with van der Waals surface area (Å²) in [5.41, 5.74) is 6.66. The number of rotatable bonds is 5. The third-order valence-corrected chi connectivity index (χ3v) is 3.31. The number of hydrogen-bond donors (Lipinski definition) is 2. The molecule has 0 aliphatic rings. The molecule has 0 aliphatic heterocycles. The summed E-state index contributed by atoms with van der Waals surface area (Å²) in [5, 5.41) is 3.46. The first kappa shape index (κ1) is 15.5. The van der Waals surface area contributed by atoms with Crippen molar-refractivity contribution in [1.29, 1.82) is 0 Å². The minimum Gasteiger partial charge on any atom is -0.493 e. The minimum atomic E-state index is -0.228. The van der Waals surface area contributed by atoms with Crippen molar-refractivity contribution in [1.82, 2.24) is 0 Å². The second kappa shape index (κ2) is 7.20. The highest BCUT2D eigenvalue weighted by molar-refractivity contribution is 6.39. The summed E-state index contributed by atoms with van der Waals surface area (Å²) in [5.74, 6) is 0.396. The van der Waals surface area contributed by atoms with Gasteiger partial charge in [-0.1, -0.05) is 35.3 Å². The van der Waals surface area contributed by atoms with Gasteiger partial charge in [0.15, 0.2) is 0 Å². The quantitative estimate of drug-likeness (QED) is 0.817. The molecule has 0 atom stereocenters. The van der Waals surface area contributed by atoms with Crippen LogP contribution < -0.4 is 15.8 Å². The third-order valence-electron chi connectivity index (χ3n) is 2.68. The minimum absolute atomic E-state index is 0.177. The Morgan fingerprint density at radius 1 is 1.14 bits per heavy atom. The molecule has 0 radical (unpaired) electrons. The highest BCUT2D eigenvalue weighted by Crippen LogP contribution is 2.29. The van der Waals surface area contributed by atoms with Crippen LogP contribution in [0.5, 0.6) is 5.75 Å². The first-order chi connectivity index (χ1) is 10.1. The number of halogens is 2. The number of hydrogen-bond acceptors (Lipinski definition) is 3. The van der Waals surface area contributed by atoms with Crippen LogP contribution in [0.1, 0.15) is 6.42 Å². The Hall–Kier alpha value is -1.91. The van der Waals surface area contributed by atoms with E-state index in [1.54, 1.807) is 42.5 Å². The van der Waals surface area contributed by atoms with Gasteiger partial charge in [0.1, 0.15) is 5.75 Å². The maximum atomic E-state index is 11.8. The van der Waals surface area contributed by atoms with Crippen molar-refractivity contribution < 1.29 is 9.53 Å². The number of para-hydroxylation sites is 1. The van der Waals surface area contributed by atoms with Gasteiger partial charge < -0.3 is 15.8 Å². The van der Waals surface area contributed by atoms with E-state index in [1.807, 2.05) is 0 Å². The Balaban J connectivity index is 1.85. The second-order valence-corrected chi connectivity index (χ2v) is 5.13. The van der Waals surface area contributed by atoms with E-state index in [4.69, 9.17) is 33.7 Å². The zero-order chi connectivity index (χ0) is 15.2. The van der Waals surface area contributed by atoms with Gasteiger partial charge in [0.05, 0.1) is 28.8 Å². The summed E-state index contributed by atoms with van der Waals surface area (Å²) < 4.78 is 5.45. The smallest absolute Gasteiger partial charge is 0.227 e. The lowest BCUT2D eigenvalue weighted by molar-refractivity contribution is -0.116. The van der Waals surface area contributed by atoms with Crippen molar-refractivity contribution in [2.75, 3.05) is 17.7 Å². The second-order valence-electron chi connectivity index (χ2n) is 4.32. The summed E-state index contributed by atoms with van der Waals surface area (Å²) in [6.45, 7) is 0.233. The molecule has 0 aromatic heterocycles. The van der Waals surface area contributed by atoms with Gasteiger partial charge in [-0.3, -0.25) is 4.79 Å². The number of benzene rings is 2. The monoisotopic (exact) mass is 324 g/mol. The van der Waals surface area contributed by atoms with Crippen LogP contribution in [0.25, 0.3) is 0 Å². The molecule has 4 nitrogen and oxygen atoms in total. The van der Waals surface area contributed by atoms with Crippen LogP contribution in [0.15, 0.2) is 42.5 Å². The molecule has 2 aromatic rings. The van der Waals surface area contributed by atoms with E-state index in [0.717, 1.165) is 0 Å². The molecule has 0 bridgehead atoms. The number of carbonyl (C=O) groups excluding carboxylic acids is 1. The average molecular weight is 325 g/mol. The van der Waals surface area contributed by atoms with Crippen molar-refractivity contribution in [3.05, 3.63) is 52.5 Å². The van der Waals surface area contributed by atoms with Crippen LogP contribution in [0.3, 0.4) is 0 Å². The SMILES string of the molecule is Nc1cccc(OCCC(=O)Nc2c(Cl)cccc2Cl)c1. The van der Waals surface area contributed by atoms with Crippen molar-refractivity contribution in [2.24, 2.45) is 0 Å². The Labute approximate surface area is 132 Å². The van der Waals surface area contributed by atoms with Gasteiger partial charge in [0.2, 0.25) is 5.91 Å². The van der Waals surface area contributed by atoms with E-state index in [2.05, 4.69) is 5.32 Å². The zero-order valence-corrected chi connectivity index (χ0v) is 12.6. The van der Waals surface area contributed by atoms with E-state index in [0.29, 0.717) is 27.2 Å². The Bertz CT molecular complexity index is 627. The molecular formula is C15H14Cl2N2O2. The first-order valence-electron chi connectivity index (χ1n) is 6.28. The molecule has 0 saturated heterocycles. The molecule has 6 heteroatoms. The van der Waals surface area contributed by atoms with Gasteiger partial charge in [-0.25, -0.2) is 0 Å². The third kappa shape index (κ3) is 4.55. The highest BCUT2D eigenvalue weighted by Gasteiger charge is 2.09. The van der Waals surface area contributed by atoms with Crippen molar-refractivity contribution in [3.8, 4) is 5.75 Å². The van der Waals surface area contributed by atoms with Gasteiger partial charge in [0, 0.05) is 11.8 Å². The molecule has 2 aromatic carbocycles. The van der Waals surface area contributed by atoms with Crippen LogP contribution in [0.4, 0.5) is 11.4 Å². The largest absolute Gasteiger partial charge is 0.493 e. The fraction of sp³-hybridized carbons (Fsp3) is 0.133. The molecule has 3 N–H and O–H groups in total. The maximum Gasteiger partial charge on any atom is 0.227 e. The van der Waals surface area contributed by atoms with E-state index in [1.165, 1.54) is 0 Å². The predicted octanol–water partition coefficient (Wildman–Crippen LogP) is 3.98. The van der Waals surface area contributed by atoms with Crippen LogP contribution in [-0.2, 0) is 4.79 Å². The lowest BCUT2D eigenvalue weighted by Crippen LogP contribution is -2.15. The Morgan fingerprint density at radius 2 is 1.81 bits per heavy atom. The standard InChI is InChI=1S/C15H14Cl2N2O2/c16-12-5-2-6-13(17)15(12)19-14(20)7-8-21-11-4-1-3-10(18)9-11/h1-6,9H,7-8,18H2,(H,19,20). The van der Waals surface area contributed by atoms with Crippen LogP contribution >= 0.6 is 23.2 Å². The van der Waals surface area contributed by atoms with Crippen molar-refractivity contribution in [2.45, 2.75) is 6.42 Å². The Morgan fingerprint density at radius 3 is 2.48 bits per heavy atom. The molecule has 0 spiro atoms. The molecule has 21 heavy (non-hydrogen) atoms. The number of nitrogens with one attached hydrogen (secondary N) is 1. The highest BCUT2D eigenvalue weighted by atomic mass is 35.5. The number of anilines is 2. The van der Waals surface area contributed by atoms with Gasteiger partial charge in [0.25, 0.3) is 0 Å². The normalized spacial score (nSPS) is 10.2. The molecule has 0 heterocycles. The van der Waals surface area contributed by atoms with Crippen LogP contribution in [0, 0.1) is 0 Å². The first-order valence-corrected chi connectivity index (χ1v) is 7.04. The lowest BCUT2D eigenvalue weighted by atomic mass is 10.3. The lowest BCUT2D eigenvalue weighted by Gasteiger charge is -2.10. The molecule has 0 saturated carbocycles. The molecule has 2 rings (SSSR count). The molecule has 1 amide bonds. The van der Waals surface area contributed by atoms with E-state index >= 15 is 0 Å². The summed E-state index contributed by atoms with van der Waals surface area (Å²) in [6.07, 6.45) is 0.177. The van der Waals surface area contributed by atoms with Gasteiger partial charge in [-0.2, -0.15) is 0 Å². The number of ether oxygens (including phenoxy) is 1. The fourth-order valence-corrected chi connectivity index (χ4v) is 2.18. The van der Waals surface area contributed by atoms with Gasteiger partial charge in [-0.05, 0) is 24.3 Å². The van der Waals surface area contributed by atoms with Crippen molar-refractivity contribution in [3.63, 3.8) is 0 Å². The van der Waals surface area contributed by atoms with E-state index < -0.39 is 0 Å². The van der Waals surface area contributed by atoms with Crippen LogP contribution in [-0.4, -0.2) is 12.5 Å². The average Bonchev–Trinajstić information content (AvgIpc) is 2.43. The summed E-state index contributed by atoms with van der Waals surface area (Å²) >= 11 is 12.0. The molecule has 110 valence electrons. The number of nitrogen functional groups attached to an aromatic ring is 1. The number of amides is 1. The number of carbonyl (C=O) groups is 1. The molecule has 0 aliphatic carbocycles. The van der Waals surface area contributed by atoms with Gasteiger partial charge >= 0.3 is 0 Å². The topological polar surface area (TPSA) is 64.3 Å². The maximum absolute atomic E-state index is 11.8.